The van der Waals surface area contributed by atoms with Gasteiger partial charge >= 0.3 is 5.97 Å². The van der Waals surface area contributed by atoms with Gasteiger partial charge in [-0.3, -0.25) is 4.79 Å². The zero-order valence-electron chi connectivity index (χ0n) is 13.3. The summed E-state index contributed by atoms with van der Waals surface area (Å²) in [7, 11) is 1.60. The predicted octanol–water partition coefficient (Wildman–Crippen LogP) is 3.19. The summed E-state index contributed by atoms with van der Waals surface area (Å²) >= 11 is 0. The lowest BCUT2D eigenvalue weighted by atomic mass is 10.1. The first kappa shape index (κ1) is 16.5. The summed E-state index contributed by atoms with van der Waals surface area (Å²) in [6.07, 6.45) is 0.219. The lowest BCUT2D eigenvalue weighted by molar-refractivity contribution is -0.115. The van der Waals surface area contributed by atoms with Crippen LogP contribution in [0.3, 0.4) is 0 Å². The first-order valence-electron chi connectivity index (χ1n) is 7.18. The highest BCUT2D eigenvalue weighted by atomic mass is 16.5. The molecule has 0 saturated heterocycles. The maximum atomic E-state index is 12.1. The van der Waals surface area contributed by atoms with Crippen LogP contribution < -0.4 is 10.1 Å². The number of carbonyl (C=O) groups is 2. The third kappa shape index (κ3) is 4.10. The van der Waals surface area contributed by atoms with E-state index in [0.717, 1.165) is 16.9 Å². The second-order valence-electron chi connectivity index (χ2n) is 5.36. The first-order valence-corrected chi connectivity index (χ1v) is 7.18. The standard InChI is InChI=1S/C18H19NO4/c1-11-4-5-13(9-16(11)23-3)10-17(20)19-14-6-7-15(18(21)22)12(2)8-14/h4-9H,10H2,1-3H3,(H,19,20)(H,21,22). The van der Waals surface area contributed by atoms with Crippen molar-refractivity contribution in [2.45, 2.75) is 20.3 Å². The molecule has 120 valence electrons. The number of aryl methyl sites for hydroxylation is 2. The van der Waals surface area contributed by atoms with Crippen molar-refractivity contribution in [1.82, 2.24) is 0 Å². The Morgan fingerprint density at radius 3 is 2.43 bits per heavy atom. The van der Waals surface area contributed by atoms with Crippen molar-refractivity contribution in [2.24, 2.45) is 0 Å². The number of anilines is 1. The molecular weight excluding hydrogens is 294 g/mol. The molecule has 0 aliphatic carbocycles. The minimum absolute atomic E-state index is 0.168. The molecule has 0 fully saturated rings. The van der Waals surface area contributed by atoms with Crippen LogP contribution in [-0.4, -0.2) is 24.1 Å². The van der Waals surface area contributed by atoms with Crippen LogP contribution in [0.5, 0.6) is 5.75 Å². The molecule has 0 aliphatic heterocycles. The van der Waals surface area contributed by atoms with Gasteiger partial charge in [0.15, 0.2) is 0 Å². The Kier molecular flexibility index (Phi) is 5.01. The number of nitrogens with one attached hydrogen (secondary N) is 1. The summed E-state index contributed by atoms with van der Waals surface area (Å²) in [4.78, 5) is 23.1. The topological polar surface area (TPSA) is 75.6 Å². The molecule has 23 heavy (non-hydrogen) atoms. The molecule has 2 N–H and O–H groups in total. The molecule has 0 spiro atoms. The number of carboxylic acid groups (broad SMARTS) is 1. The molecule has 0 heterocycles. The summed E-state index contributed by atoms with van der Waals surface area (Å²) in [5.74, 6) is -0.400. The van der Waals surface area contributed by atoms with E-state index in [4.69, 9.17) is 9.84 Å². The molecule has 0 atom stereocenters. The van der Waals surface area contributed by atoms with Gasteiger partial charge in [-0.2, -0.15) is 0 Å². The zero-order chi connectivity index (χ0) is 17.0. The van der Waals surface area contributed by atoms with E-state index in [-0.39, 0.29) is 17.9 Å². The monoisotopic (exact) mass is 313 g/mol. The van der Waals surface area contributed by atoms with Gasteiger partial charge in [0.25, 0.3) is 0 Å². The van der Waals surface area contributed by atoms with Crippen molar-refractivity contribution in [1.29, 1.82) is 0 Å². The Morgan fingerprint density at radius 1 is 1.09 bits per heavy atom. The van der Waals surface area contributed by atoms with E-state index in [1.54, 1.807) is 26.2 Å². The summed E-state index contributed by atoms with van der Waals surface area (Å²) < 4.78 is 5.25. The van der Waals surface area contributed by atoms with Crippen LogP contribution in [0.4, 0.5) is 5.69 Å². The van der Waals surface area contributed by atoms with Crippen molar-refractivity contribution in [3.05, 3.63) is 58.7 Å². The van der Waals surface area contributed by atoms with Gasteiger partial charge in [0.2, 0.25) is 5.91 Å². The number of methoxy groups -OCH3 is 1. The number of hydrogen-bond acceptors (Lipinski definition) is 3. The molecule has 2 aromatic rings. The summed E-state index contributed by atoms with van der Waals surface area (Å²) in [6, 6.07) is 10.4. The van der Waals surface area contributed by atoms with E-state index >= 15 is 0 Å². The van der Waals surface area contributed by atoms with Gasteiger partial charge in [-0.15, -0.1) is 0 Å². The lowest BCUT2D eigenvalue weighted by Gasteiger charge is -2.10. The maximum absolute atomic E-state index is 12.1. The van der Waals surface area contributed by atoms with Gasteiger partial charge in [0, 0.05) is 5.69 Å². The van der Waals surface area contributed by atoms with E-state index in [2.05, 4.69) is 5.32 Å². The summed E-state index contributed by atoms with van der Waals surface area (Å²) in [5.41, 5.74) is 3.27. The number of amides is 1. The van der Waals surface area contributed by atoms with Crippen LogP contribution in [0.25, 0.3) is 0 Å². The molecule has 5 nitrogen and oxygen atoms in total. The van der Waals surface area contributed by atoms with Crippen molar-refractivity contribution >= 4 is 17.6 Å². The number of aromatic carboxylic acids is 1. The Labute approximate surface area is 134 Å². The number of ether oxygens (including phenoxy) is 1. The van der Waals surface area contributed by atoms with Gasteiger partial charge in [-0.05, 0) is 54.8 Å². The molecule has 0 unspecified atom stereocenters. The average molecular weight is 313 g/mol. The van der Waals surface area contributed by atoms with Crippen molar-refractivity contribution in [2.75, 3.05) is 12.4 Å². The minimum Gasteiger partial charge on any atom is -0.496 e. The highest BCUT2D eigenvalue weighted by molar-refractivity contribution is 5.94. The summed E-state index contributed by atoms with van der Waals surface area (Å²) in [5, 5.41) is 11.8. The van der Waals surface area contributed by atoms with Crippen LogP contribution >= 0.6 is 0 Å². The number of benzene rings is 2. The quantitative estimate of drug-likeness (QED) is 0.889. The highest BCUT2D eigenvalue weighted by Gasteiger charge is 2.10. The van der Waals surface area contributed by atoms with Gasteiger partial charge in [-0.1, -0.05) is 12.1 Å². The fourth-order valence-corrected chi connectivity index (χ4v) is 2.35. The number of carbonyl (C=O) groups excluding carboxylic acids is 1. The summed E-state index contributed by atoms with van der Waals surface area (Å²) in [6.45, 7) is 3.64. The number of rotatable bonds is 5. The minimum atomic E-state index is -0.980. The molecule has 0 bridgehead atoms. The maximum Gasteiger partial charge on any atom is 0.335 e. The fourth-order valence-electron chi connectivity index (χ4n) is 2.35. The SMILES string of the molecule is COc1cc(CC(=O)Nc2ccc(C(=O)O)c(C)c2)ccc1C. The zero-order valence-corrected chi connectivity index (χ0v) is 13.3. The second-order valence-corrected chi connectivity index (χ2v) is 5.36. The average Bonchev–Trinajstić information content (AvgIpc) is 2.48. The normalized spacial score (nSPS) is 10.2. The fraction of sp³-hybridized carbons (Fsp3) is 0.222. The molecule has 0 radical (unpaired) electrons. The van der Waals surface area contributed by atoms with E-state index in [1.807, 2.05) is 25.1 Å². The lowest BCUT2D eigenvalue weighted by Crippen LogP contribution is -2.15. The van der Waals surface area contributed by atoms with Gasteiger partial charge in [0.1, 0.15) is 5.75 Å². The second kappa shape index (κ2) is 6.96. The predicted molar refractivity (Wildman–Crippen MR) is 88.2 cm³/mol. The molecule has 1 amide bonds. The van der Waals surface area contributed by atoms with E-state index < -0.39 is 5.97 Å². The third-order valence-corrected chi connectivity index (χ3v) is 3.58. The van der Waals surface area contributed by atoms with Crippen molar-refractivity contribution in [3.63, 3.8) is 0 Å². The molecular formula is C18H19NO4. The van der Waals surface area contributed by atoms with Crippen molar-refractivity contribution in [3.8, 4) is 5.75 Å². The van der Waals surface area contributed by atoms with E-state index in [9.17, 15) is 9.59 Å². The van der Waals surface area contributed by atoms with Crippen LogP contribution in [0.15, 0.2) is 36.4 Å². The molecule has 5 heteroatoms. The van der Waals surface area contributed by atoms with Crippen molar-refractivity contribution < 1.29 is 19.4 Å². The third-order valence-electron chi connectivity index (χ3n) is 3.58. The Balaban J connectivity index is 2.08. The number of hydrogen-bond donors (Lipinski definition) is 2. The number of carboxylic acids is 1. The van der Waals surface area contributed by atoms with Gasteiger partial charge in [0.05, 0.1) is 19.1 Å². The molecule has 0 saturated carbocycles. The Morgan fingerprint density at radius 2 is 1.83 bits per heavy atom. The Hall–Kier alpha value is -2.82. The van der Waals surface area contributed by atoms with Crippen LogP contribution in [0.2, 0.25) is 0 Å². The molecule has 2 rings (SSSR count). The first-order chi connectivity index (χ1) is 10.9. The molecule has 0 aromatic heterocycles. The van der Waals surface area contributed by atoms with Crippen LogP contribution in [0.1, 0.15) is 27.0 Å². The highest BCUT2D eigenvalue weighted by Crippen LogP contribution is 2.20. The van der Waals surface area contributed by atoms with Gasteiger partial charge < -0.3 is 15.2 Å². The van der Waals surface area contributed by atoms with Crippen LogP contribution in [0, 0.1) is 13.8 Å². The molecule has 0 aliphatic rings. The van der Waals surface area contributed by atoms with Crippen LogP contribution in [-0.2, 0) is 11.2 Å². The largest absolute Gasteiger partial charge is 0.496 e. The van der Waals surface area contributed by atoms with Gasteiger partial charge in [-0.25, -0.2) is 4.79 Å². The Bertz CT molecular complexity index is 753. The van der Waals surface area contributed by atoms with E-state index in [1.165, 1.54) is 6.07 Å². The van der Waals surface area contributed by atoms with E-state index in [0.29, 0.717) is 11.3 Å². The molecule has 2 aromatic carbocycles. The smallest absolute Gasteiger partial charge is 0.335 e.